The highest BCUT2D eigenvalue weighted by Gasteiger charge is 2.37. The molecule has 0 saturated heterocycles. The number of halogens is 1. The zero-order chi connectivity index (χ0) is 9.31. The molecule has 0 aliphatic heterocycles. The summed E-state index contributed by atoms with van der Waals surface area (Å²) in [5.41, 5.74) is 0.465. The van der Waals surface area contributed by atoms with Gasteiger partial charge < -0.3 is 4.74 Å². The van der Waals surface area contributed by atoms with Gasteiger partial charge in [-0.15, -0.1) is 0 Å². The van der Waals surface area contributed by atoms with E-state index in [-0.39, 0.29) is 0 Å². The second-order valence-corrected chi connectivity index (χ2v) is 4.97. The molecule has 1 aromatic carbocycles. The fourth-order valence-corrected chi connectivity index (χ4v) is 1.41. The lowest BCUT2D eigenvalue weighted by Gasteiger charge is -2.10. The van der Waals surface area contributed by atoms with E-state index in [0.717, 1.165) is 16.8 Å². The molecule has 1 aliphatic rings. The van der Waals surface area contributed by atoms with Crippen molar-refractivity contribution in [2.75, 3.05) is 6.61 Å². The molecule has 1 nitrogen and oxygen atoms in total. The maximum Gasteiger partial charge on any atom is 0.119 e. The predicted molar refractivity (Wildman–Crippen MR) is 57.0 cm³/mol. The van der Waals surface area contributed by atoms with Gasteiger partial charge in [-0.1, -0.05) is 22.9 Å². The van der Waals surface area contributed by atoms with Crippen LogP contribution in [0.5, 0.6) is 5.75 Å². The zero-order valence-electron chi connectivity index (χ0n) is 7.72. The summed E-state index contributed by atoms with van der Waals surface area (Å²) in [7, 11) is 0. The predicted octanol–water partition coefficient (Wildman–Crippen LogP) is 3.63. The zero-order valence-corrected chi connectivity index (χ0v) is 9.30. The third-order valence-corrected chi connectivity index (χ3v) is 3.03. The Labute approximate surface area is 87.2 Å². The van der Waals surface area contributed by atoms with Gasteiger partial charge in [0.25, 0.3) is 0 Å². The van der Waals surface area contributed by atoms with Crippen LogP contribution in [0.15, 0.2) is 28.7 Å². The van der Waals surface area contributed by atoms with E-state index >= 15 is 0 Å². The van der Waals surface area contributed by atoms with E-state index in [4.69, 9.17) is 4.74 Å². The van der Waals surface area contributed by atoms with Crippen molar-refractivity contribution in [1.29, 1.82) is 0 Å². The van der Waals surface area contributed by atoms with Crippen LogP contribution in [-0.4, -0.2) is 6.61 Å². The lowest BCUT2D eigenvalue weighted by Crippen LogP contribution is -2.08. The highest BCUT2D eigenvalue weighted by atomic mass is 79.9. The van der Waals surface area contributed by atoms with Gasteiger partial charge in [-0.2, -0.15) is 0 Å². The molecule has 0 bridgehead atoms. The molecule has 0 aromatic heterocycles. The summed E-state index contributed by atoms with van der Waals surface area (Å²) >= 11 is 3.39. The molecule has 0 unspecified atom stereocenters. The third kappa shape index (κ3) is 2.47. The normalized spacial score (nSPS) is 18.3. The molecule has 1 fully saturated rings. The van der Waals surface area contributed by atoms with Gasteiger partial charge >= 0.3 is 0 Å². The van der Waals surface area contributed by atoms with Crippen LogP contribution in [0.4, 0.5) is 0 Å². The molecule has 0 spiro atoms. The van der Waals surface area contributed by atoms with Crippen molar-refractivity contribution in [2.24, 2.45) is 5.41 Å². The molecule has 0 amide bonds. The Kier molecular flexibility index (Phi) is 2.33. The van der Waals surface area contributed by atoms with E-state index in [1.807, 2.05) is 24.3 Å². The number of rotatable bonds is 3. The van der Waals surface area contributed by atoms with E-state index in [0.29, 0.717) is 5.41 Å². The molecule has 13 heavy (non-hydrogen) atoms. The van der Waals surface area contributed by atoms with Crippen molar-refractivity contribution >= 4 is 15.9 Å². The molecule has 1 saturated carbocycles. The molecular weight excluding hydrogens is 228 g/mol. The fraction of sp³-hybridized carbons (Fsp3) is 0.455. The first-order valence-electron chi connectivity index (χ1n) is 4.56. The number of hydrogen-bond donors (Lipinski definition) is 0. The van der Waals surface area contributed by atoms with E-state index in [2.05, 4.69) is 22.9 Å². The maximum absolute atomic E-state index is 5.67. The number of benzene rings is 1. The van der Waals surface area contributed by atoms with Gasteiger partial charge in [0.2, 0.25) is 0 Å². The molecule has 2 rings (SSSR count). The van der Waals surface area contributed by atoms with Gasteiger partial charge in [-0.3, -0.25) is 0 Å². The maximum atomic E-state index is 5.67. The molecule has 2 heteroatoms. The van der Waals surface area contributed by atoms with Crippen LogP contribution < -0.4 is 4.74 Å². The molecular formula is C11H13BrO. The third-order valence-electron chi connectivity index (χ3n) is 2.50. The minimum atomic E-state index is 0.465. The summed E-state index contributed by atoms with van der Waals surface area (Å²) in [5, 5.41) is 0. The second-order valence-electron chi connectivity index (χ2n) is 4.05. The van der Waals surface area contributed by atoms with Gasteiger partial charge in [0.05, 0.1) is 6.61 Å². The van der Waals surface area contributed by atoms with Gasteiger partial charge in [0, 0.05) is 9.89 Å². The van der Waals surface area contributed by atoms with Crippen LogP contribution in [0.1, 0.15) is 19.8 Å². The van der Waals surface area contributed by atoms with E-state index in [1.165, 1.54) is 12.8 Å². The largest absolute Gasteiger partial charge is 0.493 e. The van der Waals surface area contributed by atoms with E-state index in [9.17, 15) is 0 Å². The van der Waals surface area contributed by atoms with Crippen LogP contribution in [0.25, 0.3) is 0 Å². The van der Waals surface area contributed by atoms with Crippen LogP contribution >= 0.6 is 15.9 Å². The van der Waals surface area contributed by atoms with Gasteiger partial charge in [0.1, 0.15) is 5.75 Å². The average molecular weight is 241 g/mol. The Morgan fingerprint density at radius 3 is 2.46 bits per heavy atom. The van der Waals surface area contributed by atoms with Crippen molar-refractivity contribution < 1.29 is 4.74 Å². The first-order chi connectivity index (χ1) is 6.18. The fourth-order valence-electron chi connectivity index (χ4n) is 1.15. The highest BCUT2D eigenvalue weighted by molar-refractivity contribution is 9.10. The van der Waals surface area contributed by atoms with Crippen LogP contribution in [0.2, 0.25) is 0 Å². The average Bonchev–Trinajstić information content (AvgIpc) is 2.84. The molecule has 0 radical (unpaired) electrons. The molecule has 1 aromatic rings. The first kappa shape index (κ1) is 9.07. The Hall–Kier alpha value is -0.500. The van der Waals surface area contributed by atoms with Crippen LogP contribution in [0.3, 0.4) is 0 Å². The van der Waals surface area contributed by atoms with Crippen molar-refractivity contribution in [3.8, 4) is 5.75 Å². The minimum absolute atomic E-state index is 0.465. The summed E-state index contributed by atoms with van der Waals surface area (Å²) in [5.74, 6) is 0.969. The summed E-state index contributed by atoms with van der Waals surface area (Å²) in [6.07, 6.45) is 2.62. The smallest absolute Gasteiger partial charge is 0.119 e. The van der Waals surface area contributed by atoms with E-state index in [1.54, 1.807) is 0 Å². The quantitative estimate of drug-likeness (QED) is 0.785. The minimum Gasteiger partial charge on any atom is -0.493 e. The molecule has 0 heterocycles. The summed E-state index contributed by atoms with van der Waals surface area (Å²) in [4.78, 5) is 0. The van der Waals surface area contributed by atoms with Gasteiger partial charge in [-0.05, 0) is 37.1 Å². The lowest BCUT2D eigenvalue weighted by atomic mass is 10.2. The Balaban J connectivity index is 1.91. The summed E-state index contributed by atoms with van der Waals surface area (Å²) < 4.78 is 6.76. The summed E-state index contributed by atoms with van der Waals surface area (Å²) in [6.45, 7) is 3.13. The van der Waals surface area contributed by atoms with Crippen LogP contribution in [0, 0.1) is 5.41 Å². The highest BCUT2D eigenvalue weighted by Crippen LogP contribution is 2.45. The van der Waals surface area contributed by atoms with Crippen molar-refractivity contribution in [1.82, 2.24) is 0 Å². The first-order valence-corrected chi connectivity index (χ1v) is 5.36. The molecule has 1 aliphatic carbocycles. The Bertz CT molecular complexity index is 287. The SMILES string of the molecule is CC1(COc2ccc(Br)cc2)CC1. The second kappa shape index (κ2) is 3.33. The van der Waals surface area contributed by atoms with E-state index < -0.39 is 0 Å². The number of ether oxygens (including phenoxy) is 1. The van der Waals surface area contributed by atoms with Crippen molar-refractivity contribution in [3.05, 3.63) is 28.7 Å². The monoisotopic (exact) mass is 240 g/mol. The summed E-state index contributed by atoms with van der Waals surface area (Å²) in [6, 6.07) is 8.00. The number of hydrogen-bond acceptors (Lipinski definition) is 1. The van der Waals surface area contributed by atoms with Crippen molar-refractivity contribution in [3.63, 3.8) is 0 Å². The standard InChI is InChI=1S/C11H13BrO/c1-11(6-7-11)8-13-10-4-2-9(12)3-5-10/h2-5H,6-8H2,1H3. The topological polar surface area (TPSA) is 9.23 Å². The molecule has 70 valence electrons. The Morgan fingerprint density at radius 1 is 1.31 bits per heavy atom. The molecule has 0 atom stereocenters. The molecule has 0 N–H and O–H groups in total. The van der Waals surface area contributed by atoms with Crippen LogP contribution in [-0.2, 0) is 0 Å². The van der Waals surface area contributed by atoms with Gasteiger partial charge in [-0.25, -0.2) is 0 Å². The lowest BCUT2D eigenvalue weighted by molar-refractivity contribution is 0.247. The Morgan fingerprint density at radius 2 is 1.92 bits per heavy atom. The van der Waals surface area contributed by atoms with Gasteiger partial charge in [0.15, 0.2) is 0 Å². The van der Waals surface area contributed by atoms with Crippen molar-refractivity contribution in [2.45, 2.75) is 19.8 Å².